The highest BCUT2D eigenvalue weighted by atomic mass is 127. The Labute approximate surface area is 163 Å². The molecule has 1 aromatic carbocycles. The Hall–Kier alpha value is -0.820. The van der Waals surface area contributed by atoms with Crippen LogP contribution in [0.5, 0.6) is 0 Å². The van der Waals surface area contributed by atoms with Crippen LogP contribution in [-0.2, 0) is 6.54 Å². The minimum absolute atomic E-state index is 0. The maximum absolute atomic E-state index is 4.49. The van der Waals surface area contributed by atoms with Crippen LogP contribution in [0.2, 0.25) is 0 Å². The van der Waals surface area contributed by atoms with Crippen molar-refractivity contribution >= 4 is 29.9 Å². The molecule has 24 heavy (non-hydrogen) atoms. The molecule has 1 spiro atoms. The molecule has 0 amide bonds. The first-order valence-corrected chi connectivity index (χ1v) is 8.89. The molecule has 134 valence electrons. The summed E-state index contributed by atoms with van der Waals surface area (Å²) < 4.78 is 0. The first-order valence-electron chi connectivity index (χ1n) is 8.89. The quantitative estimate of drug-likeness (QED) is 0.432. The number of guanidine groups is 1. The van der Waals surface area contributed by atoms with Crippen LogP contribution in [0.15, 0.2) is 35.3 Å². The zero-order valence-corrected chi connectivity index (χ0v) is 17.3. The van der Waals surface area contributed by atoms with Gasteiger partial charge in [-0.05, 0) is 37.3 Å². The van der Waals surface area contributed by atoms with Gasteiger partial charge in [0.15, 0.2) is 5.96 Å². The lowest BCUT2D eigenvalue weighted by Crippen LogP contribution is -2.44. The minimum atomic E-state index is 0. The monoisotopic (exact) mass is 442 g/mol. The lowest BCUT2D eigenvalue weighted by Gasteiger charge is -2.38. The first kappa shape index (κ1) is 19.5. The predicted molar refractivity (Wildman–Crippen MR) is 112 cm³/mol. The van der Waals surface area contributed by atoms with Crippen LogP contribution in [0.3, 0.4) is 0 Å². The number of rotatable bonds is 5. The summed E-state index contributed by atoms with van der Waals surface area (Å²) in [6.45, 7) is 5.33. The number of hydrogen-bond acceptors (Lipinski definition) is 2. The van der Waals surface area contributed by atoms with E-state index < -0.39 is 0 Å². The fraction of sp³-hybridized carbons (Fsp3) is 0.632. The molecule has 1 heterocycles. The summed E-state index contributed by atoms with van der Waals surface area (Å²) in [5.74, 6) is 1.09. The molecule has 2 fully saturated rings. The highest BCUT2D eigenvalue weighted by Gasteiger charge is 2.43. The summed E-state index contributed by atoms with van der Waals surface area (Å²) in [7, 11) is 4.08. The average Bonchev–Trinajstić information content (AvgIpc) is 2.98. The van der Waals surface area contributed by atoms with Gasteiger partial charge in [0.05, 0.1) is 0 Å². The molecule has 1 aromatic rings. The Morgan fingerprint density at radius 3 is 2.58 bits per heavy atom. The fourth-order valence-electron chi connectivity index (χ4n) is 3.87. The second kappa shape index (κ2) is 9.04. The number of nitrogens with zero attached hydrogens (tertiary/aromatic N) is 3. The van der Waals surface area contributed by atoms with Gasteiger partial charge in [-0.25, -0.2) is 0 Å². The van der Waals surface area contributed by atoms with Crippen LogP contribution in [-0.4, -0.2) is 56.0 Å². The number of likely N-dealkylation sites (N-methyl/N-ethyl adjacent to an activating group) is 1. The molecule has 0 radical (unpaired) electrons. The predicted octanol–water partition coefficient (Wildman–Crippen LogP) is 3.19. The van der Waals surface area contributed by atoms with Crippen molar-refractivity contribution in [3.05, 3.63) is 35.9 Å². The van der Waals surface area contributed by atoms with Crippen molar-refractivity contribution in [2.75, 3.05) is 40.3 Å². The summed E-state index contributed by atoms with van der Waals surface area (Å²) in [4.78, 5) is 9.30. The van der Waals surface area contributed by atoms with Gasteiger partial charge >= 0.3 is 0 Å². The van der Waals surface area contributed by atoms with Gasteiger partial charge in [0, 0.05) is 39.8 Å². The minimum Gasteiger partial charge on any atom is -0.355 e. The summed E-state index contributed by atoms with van der Waals surface area (Å²) >= 11 is 0. The van der Waals surface area contributed by atoms with Gasteiger partial charge in [0.1, 0.15) is 0 Å². The maximum atomic E-state index is 4.49. The van der Waals surface area contributed by atoms with Gasteiger partial charge in [-0.1, -0.05) is 36.8 Å². The van der Waals surface area contributed by atoms with E-state index in [2.05, 4.69) is 57.5 Å². The number of likely N-dealkylation sites (tertiary alicyclic amines) is 1. The summed E-state index contributed by atoms with van der Waals surface area (Å²) in [5.41, 5.74) is 1.99. The molecule has 3 rings (SSSR count). The van der Waals surface area contributed by atoms with Crippen LogP contribution < -0.4 is 5.32 Å². The van der Waals surface area contributed by atoms with Gasteiger partial charge in [-0.15, -0.1) is 24.0 Å². The van der Waals surface area contributed by atoms with E-state index in [1.54, 1.807) is 0 Å². The third-order valence-corrected chi connectivity index (χ3v) is 5.44. The SMILES string of the molecule is CN=C(NCCN(C)Cc1ccccc1)N1CCC2(CCC2)C1.I. The Bertz CT molecular complexity index is 527. The van der Waals surface area contributed by atoms with Crippen molar-refractivity contribution < 1.29 is 0 Å². The molecular weight excluding hydrogens is 411 g/mol. The smallest absolute Gasteiger partial charge is 0.193 e. The second-order valence-electron chi connectivity index (χ2n) is 7.22. The normalized spacial score (nSPS) is 19.3. The van der Waals surface area contributed by atoms with Crippen LogP contribution in [0.1, 0.15) is 31.2 Å². The van der Waals surface area contributed by atoms with Crippen LogP contribution >= 0.6 is 24.0 Å². The molecule has 2 aliphatic rings. The number of benzene rings is 1. The number of halogens is 1. The summed E-state index contributed by atoms with van der Waals surface area (Å²) in [5, 5.41) is 3.55. The molecule has 5 heteroatoms. The van der Waals surface area contributed by atoms with Crippen molar-refractivity contribution in [2.45, 2.75) is 32.2 Å². The van der Waals surface area contributed by atoms with E-state index in [0.717, 1.165) is 25.6 Å². The van der Waals surface area contributed by atoms with E-state index in [0.29, 0.717) is 5.41 Å². The van der Waals surface area contributed by atoms with Crippen LogP contribution in [0, 0.1) is 5.41 Å². The third-order valence-electron chi connectivity index (χ3n) is 5.44. The second-order valence-corrected chi connectivity index (χ2v) is 7.22. The topological polar surface area (TPSA) is 30.9 Å². The standard InChI is InChI=1S/C19H30N4.HI/c1-20-18(23-13-11-19(16-23)9-6-10-19)21-12-14-22(2)15-17-7-4-3-5-8-17;/h3-5,7-8H,6,9-16H2,1-2H3,(H,20,21);1H. The van der Waals surface area contributed by atoms with E-state index in [9.17, 15) is 0 Å². The Morgan fingerprint density at radius 2 is 2.00 bits per heavy atom. The summed E-state index contributed by atoms with van der Waals surface area (Å²) in [6, 6.07) is 10.6. The van der Waals surface area contributed by atoms with Crippen molar-refractivity contribution in [2.24, 2.45) is 10.4 Å². The van der Waals surface area contributed by atoms with Crippen molar-refractivity contribution in [3.63, 3.8) is 0 Å². The molecule has 1 N–H and O–H groups in total. The van der Waals surface area contributed by atoms with Crippen LogP contribution in [0.25, 0.3) is 0 Å². The number of hydrogen-bond donors (Lipinski definition) is 1. The molecule has 4 nitrogen and oxygen atoms in total. The molecule has 1 aliphatic heterocycles. The highest BCUT2D eigenvalue weighted by Crippen LogP contribution is 2.47. The molecule has 1 saturated heterocycles. The van der Waals surface area contributed by atoms with Crippen molar-refractivity contribution in [1.29, 1.82) is 0 Å². The van der Waals surface area contributed by atoms with Gasteiger partial charge in [0.2, 0.25) is 0 Å². The molecular formula is C19H31IN4. The zero-order chi connectivity index (χ0) is 16.1. The van der Waals surface area contributed by atoms with Gasteiger partial charge in [-0.2, -0.15) is 0 Å². The number of nitrogens with one attached hydrogen (secondary N) is 1. The van der Waals surface area contributed by atoms with Crippen LogP contribution in [0.4, 0.5) is 0 Å². The van der Waals surface area contributed by atoms with E-state index in [1.165, 1.54) is 44.3 Å². The third kappa shape index (κ3) is 4.85. The lowest BCUT2D eigenvalue weighted by atomic mass is 9.68. The lowest BCUT2D eigenvalue weighted by molar-refractivity contribution is 0.151. The maximum Gasteiger partial charge on any atom is 0.193 e. The van der Waals surface area contributed by atoms with Gasteiger partial charge in [-0.3, -0.25) is 4.99 Å². The molecule has 0 atom stereocenters. The molecule has 0 aromatic heterocycles. The number of aliphatic imine (C=N–C) groups is 1. The Balaban J connectivity index is 0.00000208. The van der Waals surface area contributed by atoms with Gasteiger partial charge in [0.25, 0.3) is 0 Å². The van der Waals surface area contributed by atoms with E-state index in [-0.39, 0.29) is 24.0 Å². The van der Waals surface area contributed by atoms with E-state index >= 15 is 0 Å². The van der Waals surface area contributed by atoms with E-state index in [1.807, 2.05) is 7.05 Å². The highest BCUT2D eigenvalue weighted by molar-refractivity contribution is 14.0. The molecule has 1 aliphatic carbocycles. The molecule has 0 unspecified atom stereocenters. The van der Waals surface area contributed by atoms with Crippen molar-refractivity contribution in [1.82, 2.24) is 15.1 Å². The zero-order valence-electron chi connectivity index (χ0n) is 15.0. The Kier molecular flexibility index (Phi) is 7.34. The average molecular weight is 442 g/mol. The Morgan fingerprint density at radius 1 is 1.25 bits per heavy atom. The molecule has 0 bridgehead atoms. The first-order chi connectivity index (χ1) is 11.2. The fourth-order valence-corrected chi connectivity index (χ4v) is 3.87. The van der Waals surface area contributed by atoms with Crippen molar-refractivity contribution in [3.8, 4) is 0 Å². The van der Waals surface area contributed by atoms with Gasteiger partial charge < -0.3 is 15.1 Å². The summed E-state index contributed by atoms with van der Waals surface area (Å²) in [6.07, 6.45) is 5.60. The molecule has 1 saturated carbocycles. The largest absolute Gasteiger partial charge is 0.355 e. The van der Waals surface area contributed by atoms with E-state index in [4.69, 9.17) is 0 Å².